The summed E-state index contributed by atoms with van der Waals surface area (Å²) in [5, 5.41) is 0. The Morgan fingerprint density at radius 3 is 0.789 bits per heavy atom. The maximum atomic E-state index is 12.9. The van der Waals surface area contributed by atoms with E-state index in [0.29, 0.717) is 19.3 Å². The van der Waals surface area contributed by atoms with E-state index < -0.39 is 6.10 Å². The SMILES string of the molecule is CC/C=C\C/C=C\C/C=C\C/C=C\CCCCCCCCC(=O)OCC(COC(=O)CCCCCCC/C=C\C/C=C\C/C=C\CC)OC(=O)CCCCCCCC/C=C\C/C=C\C/C=C\C/C=C\CC. The van der Waals surface area contributed by atoms with Gasteiger partial charge < -0.3 is 14.2 Å². The molecule has 0 heterocycles. The lowest BCUT2D eigenvalue weighted by atomic mass is 10.1. The standard InChI is InChI=1S/C65H104O6/c1-4-7-10-13-16-19-22-25-28-30-32-34-37-40-43-46-49-52-55-58-64(67)70-61-62(60-69-63(66)57-54-51-48-45-42-39-36-27-24-21-18-15-12-9-6-3)71-65(68)59-56-53-50-47-44-41-38-35-33-31-29-26-23-20-17-14-11-8-5-2/h7-12,16-21,25-29,32-36,62H,4-6,13-15,22-24,30-31,37-61H2,1-3H3/b10-7-,11-8-,12-9-,19-16-,20-17-,21-18-,28-25-,29-26-,34-32-,35-33-,36-27-. The molecule has 0 aliphatic rings. The average molecular weight is 982 g/mol. The second kappa shape index (κ2) is 58.1. The van der Waals surface area contributed by atoms with Gasteiger partial charge in [-0.15, -0.1) is 0 Å². The zero-order valence-corrected chi connectivity index (χ0v) is 45.7. The first-order valence-electron chi connectivity index (χ1n) is 28.7. The van der Waals surface area contributed by atoms with Crippen LogP contribution in [0.1, 0.15) is 239 Å². The molecule has 0 aromatic heterocycles. The van der Waals surface area contributed by atoms with Crippen molar-refractivity contribution in [3.05, 3.63) is 134 Å². The predicted molar refractivity (Wildman–Crippen MR) is 306 cm³/mol. The number of hydrogen-bond acceptors (Lipinski definition) is 6. The molecule has 1 unspecified atom stereocenters. The lowest BCUT2D eigenvalue weighted by Gasteiger charge is -2.18. The lowest BCUT2D eigenvalue weighted by Crippen LogP contribution is -2.30. The van der Waals surface area contributed by atoms with Crippen molar-refractivity contribution in [1.82, 2.24) is 0 Å². The molecule has 0 aromatic rings. The molecular weight excluding hydrogens is 877 g/mol. The van der Waals surface area contributed by atoms with Gasteiger partial charge in [-0.25, -0.2) is 0 Å². The summed E-state index contributed by atoms with van der Waals surface area (Å²) >= 11 is 0. The van der Waals surface area contributed by atoms with Crippen LogP contribution in [0.15, 0.2) is 134 Å². The number of carbonyl (C=O) groups excluding carboxylic acids is 3. The highest BCUT2D eigenvalue weighted by Gasteiger charge is 2.19. The number of allylic oxidation sites excluding steroid dienone is 22. The predicted octanol–water partition coefficient (Wildman–Crippen LogP) is 19.4. The van der Waals surface area contributed by atoms with E-state index in [4.69, 9.17) is 14.2 Å². The van der Waals surface area contributed by atoms with Crippen LogP contribution in [0.2, 0.25) is 0 Å². The normalized spacial score (nSPS) is 13.1. The molecule has 0 N–H and O–H groups in total. The van der Waals surface area contributed by atoms with E-state index in [9.17, 15) is 14.4 Å². The van der Waals surface area contributed by atoms with Crippen LogP contribution in [0.5, 0.6) is 0 Å². The topological polar surface area (TPSA) is 78.9 Å². The van der Waals surface area contributed by atoms with Gasteiger partial charge in [0.25, 0.3) is 0 Å². The maximum absolute atomic E-state index is 12.9. The zero-order valence-electron chi connectivity index (χ0n) is 45.7. The largest absolute Gasteiger partial charge is 0.462 e. The van der Waals surface area contributed by atoms with Gasteiger partial charge in [-0.05, 0) is 128 Å². The van der Waals surface area contributed by atoms with Crippen LogP contribution in [-0.2, 0) is 28.6 Å². The van der Waals surface area contributed by atoms with Crippen LogP contribution >= 0.6 is 0 Å². The van der Waals surface area contributed by atoms with E-state index in [-0.39, 0.29) is 31.1 Å². The highest BCUT2D eigenvalue weighted by Crippen LogP contribution is 2.14. The summed E-state index contributed by atoms with van der Waals surface area (Å²) in [6.07, 6.45) is 81.5. The molecule has 0 aliphatic carbocycles. The molecule has 0 saturated carbocycles. The van der Waals surface area contributed by atoms with Crippen molar-refractivity contribution < 1.29 is 28.6 Å². The number of unbranched alkanes of at least 4 members (excludes halogenated alkanes) is 17. The Morgan fingerprint density at radius 1 is 0.282 bits per heavy atom. The highest BCUT2D eigenvalue weighted by atomic mass is 16.6. The molecule has 71 heavy (non-hydrogen) atoms. The average Bonchev–Trinajstić information content (AvgIpc) is 3.37. The second-order valence-corrected chi connectivity index (χ2v) is 18.4. The van der Waals surface area contributed by atoms with Gasteiger partial charge in [0.15, 0.2) is 6.10 Å². The second-order valence-electron chi connectivity index (χ2n) is 18.4. The van der Waals surface area contributed by atoms with Gasteiger partial charge in [0.05, 0.1) is 0 Å². The Bertz CT molecular complexity index is 1550. The first-order valence-corrected chi connectivity index (χ1v) is 28.7. The molecular formula is C65H104O6. The van der Waals surface area contributed by atoms with E-state index in [0.717, 1.165) is 173 Å². The fourth-order valence-corrected chi connectivity index (χ4v) is 7.44. The summed E-state index contributed by atoms with van der Waals surface area (Å²) in [4.78, 5) is 38.2. The quantitative estimate of drug-likeness (QED) is 0.0262. The molecule has 0 rings (SSSR count). The third-order valence-corrected chi connectivity index (χ3v) is 11.6. The summed E-state index contributed by atoms with van der Waals surface area (Å²) in [6, 6.07) is 0. The van der Waals surface area contributed by atoms with Gasteiger partial charge in [-0.3, -0.25) is 14.4 Å². The molecule has 1 atom stereocenters. The summed E-state index contributed by atoms with van der Waals surface area (Å²) in [5.41, 5.74) is 0. The minimum absolute atomic E-state index is 0.102. The van der Waals surface area contributed by atoms with E-state index in [1.807, 2.05) is 0 Å². The third kappa shape index (κ3) is 56.3. The van der Waals surface area contributed by atoms with Crippen LogP contribution in [0.3, 0.4) is 0 Å². The molecule has 0 saturated heterocycles. The van der Waals surface area contributed by atoms with Gasteiger partial charge in [-0.2, -0.15) is 0 Å². The molecule has 0 spiro atoms. The summed E-state index contributed by atoms with van der Waals surface area (Å²) < 4.78 is 16.8. The van der Waals surface area contributed by atoms with Crippen molar-refractivity contribution in [2.45, 2.75) is 245 Å². The zero-order chi connectivity index (χ0) is 51.4. The van der Waals surface area contributed by atoms with Crippen molar-refractivity contribution in [3.63, 3.8) is 0 Å². The van der Waals surface area contributed by atoms with Gasteiger partial charge in [0.2, 0.25) is 0 Å². The Balaban J connectivity index is 4.49. The fourth-order valence-electron chi connectivity index (χ4n) is 7.44. The van der Waals surface area contributed by atoms with Crippen LogP contribution < -0.4 is 0 Å². The molecule has 0 radical (unpaired) electrons. The summed E-state index contributed by atoms with van der Waals surface area (Å²) in [6.45, 7) is 6.26. The number of esters is 3. The first kappa shape index (κ1) is 66.6. The van der Waals surface area contributed by atoms with E-state index >= 15 is 0 Å². The van der Waals surface area contributed by atoms with Gasteiger partial charge in [-0.1, -0.05) is 225 Å². The summed E-state index contributed by atoms with van der Waals surface area (Å²) in [7, 11) is 0. The molecule has 0 aromatic carbocycles. The van der Waals surface area contributed by atoms with Gasteiger partial charge >= 0.3 is 17.9 Å². The minimum Gasteiger partial charge on any atom is -0.462 e. The minimum atomic E-state index is -0.805. The highest BCUT2D eigenvalue weighted by molar-refractivity contribution is 5.71. The van der Waals surface area contributed by atoms with Crippen molar-refractivity contribution >= 4 is 17.9 Å². The van der Waals surface area contributed by atoms with Crippen LogP contribution in [0.25, 0.3) is 0 Å². The number of hydrogen-bond donors (Lipinski definition) is 0. The summed E-state index contributed by atoms with van der Waals surface area (Å²) in [5.74, 6) is -0.949. The van der Waals surface area contributed by atoms with Gasteiger partial charge in [0.1, 0.15) is 13.2 Å². The maximum Gasteiger partial charge on any atom is 0.306 e. The Hall–Kier alpha value is -4.45. The van der Waals surface area contributed by atoms with Crippen LogP contribution in [0.4, 0.5) is 0 Å². The van der Waals surface area contributed by atoms with Gasteiger partial charge in [0, 0.05) is 19.3 Å². The van der Waals surface area contributed by atoms with Crippen molar-refractivity contribution in [3.8, 4) is 0 Å². The van der Waals surface area contributed by atoms with Crippen LogP contribution in [0, 0.1) is 0 Å². The third-order valence-electron chi connectivity index (χ3n) is 11.6. The molecule has 0 aliphatic heterocycles. The molecule has 0 amide bonds. The number of carbonyl (C=O) groups is 3. The number of ether oxygens (including phenoxy) is 3. The van der Waals surface area contributed by atoms with Crippen LogP contribution in [-0.4, -0.2) is 37.2 Å². The monoisotopic (exact) mass is 981 g/mol. The molecule has 0 bridgehead atoms. The van der Waals surface area contributed by atoms with Crippen molar-refractivity contribution in [2.75, 3.05) is 13.2 Å². The van der Waals surface area contributed by atoms with Crippen molar-refractivity contribution in [2.24, 2.45) is 0 Å². The fraction of sp³-hybridized carbons (Fsp3) is 0.615. The van der Waals surface area contributed by atoms with E-state index in [1.165, 1.54) is 25.7 Å². The van der Waals surface area contributed by atoms with E-state index in [1.54, 1.807) is 0 Å². The smallest absolute Gasteiger partial charge is 0.306 e. The molecule has 400 valence electrons. The Labute approximate surface area is 436 Å². The Morgan fingerprint density at radius 2 is 0.507 bits per heavy atom. The lowest BCUT2D eigenvalue weighted by molar-refractivity contribution is -0.167. The van der Waals surface area contributed by atoms with E-state index in [2.05, 4.69) is 154 Å². The number of rotatable bonds is 50. The molecule has 6 heteroatoms. The first-order chi connectivity index (χ1) is 35.0. The molecule has 0 fully saturated rings. The Kier molecular flexibility index (Phi) is 54.5. The molecule has 6 nitrogen and oxygen atoms in total. The van der Waals surface area contributed by atoms with Crippen molar-refractivity contribution in [1.29, 1.82) is 0 Å².